The Kier molecular flexibility index (Phi) is 7.22. The van der Waals surface area contributed by atoms with Gasteiger partial charge in [-0.3, -0.25) is 14.8 Å². The number of nitrogens with zero attached hydrogens (tertiary/aromatic N) is 3. The fraction of sp³-hybridized carbons (Fsp3) is 0.360. The fourth-order valence-corrected chi connectivity index (χ4v) is 4.17. The zero-order valence-corrected chi connectivity index (χ0v) is 20.0. The summed E-state index contributed by atoms with van der Waals surface area (Å²) in [5, 5.41) is 7.21. The van der Waals surface area contributed by atoms with Crippen molar-refractivity contribution < 1.29 is 23.7 Å². The largest absolute Gasteiger partial charge is 0.497 e. The van der Waals surface area contributed by atoms with Crippen LogP contribution in [0, 0.1) is 0 Å². The van der Waals surface area contributed by atoms with Gasteiger partial charge in [-0.15, -0.1) is 0 Å². The van der Waals surface area contributed by atoms with E-state index in [0.717, 1.165) is 30.0 Å². The molecule has 0 spiro atoms. The van der Waals surface area contributed by atoms with Crippen LogP contribution in [0.25, 0.3) is 11.3 Å². The maximum atomic E-state index is 13.0. The van der Waals surface area contributed by atoms with Gasteiger partial charge in [0, 0.05) is 43.9 Å². The Morgan fingerprint density at radius 1 is 0.912 bits per heavy atom. The van der Waals surface area contributed by atoms with Gasteiger partial charge in [-0.2, -0.15) is 5.10 Å². The highest BCUT2D eigenvalue weighted by Crippen LogP contribution is 2.40. The van der Waals surface area contributed by atoms with Gasteiger partial charge >= 0.3 is 0 Å². The molecule has 9 heteroatoms. The molecule has 180 valence electrons. The molecule has 1 aliphatic rings. The highest BCUT2D eigenvalue weighted by molar-refractivity contribution is 5.93. The molecule has 0 bridgehead atoms. The molecule has 4 rings (SSSR count). The lowest BCUT2D eigenvalue weighted by atomic mass is 10.1. The third kappa shape index (κ3) is 4.79. The Bertz CT molecular complexity index is 1140. The average molecular weight is 467 g/mol. The first-order valence-corrected chi connectivity index (χ1v) is 11.1. The van der Waals surface area contributed by atoms with E-state index in [1.165, 1.54) is 0 Å². The first-order valence-electron chi connectivity index (χ1n) is 11.1. The Hall–Kier alpha value is -3.72. The second-order valence-corrected chi connectivity index (χ2v) is 7.96. The highest BCUT2D eigenvalue weighted by Gasteiger charge is 2.25. The number of rotatable bonds is 8. The standard InChI is InChI=1S/C25H30N4O5/c1-31-19-7-5-6-17(14-19)20-15-21(27-26-20)25(30)29-12-10-28(11-13-29)16-18-8-9-22(32-2)24(34-4)23(18)33-3/h5-9,14-15H,10-13,16H2,1-4H3,(H,26,27). The number of benzene rings is 2. The third-order valence-electron chi connectivity index (χ3n) is 6.01. The van der Waals surface area contributed by atoms with Crippen LogP contribution in [0.5, 0.6) is 23.0 Å². The second kappa shape index (κ2) is 10.5. The molecule has 0 saturated carbocycles. The average Bonchev–Trinajstić information content (AvgIpc) is 3.39. The number of hydrogen-bond donors (Lipinski definition) is 1. The van der Waals surface area contributed by atoms with Crippen LogP contribution in [-0.4, -0.2) is 80.5 Å². The number of carbonyl (C=O) groups is 1. The number of piperazine rings is 1. The second-order valence-electron chi connectivity index (χ2n) is 7.96. The predicted molar refractivity (Wildman–Crippen MR) is 128 cm³/mol. The zero-order chi connectivity index (χ0) is 24.1. The molecule has 0 aliphatic carbocycles. The topological polar surface area (TPSA) is 89.2 Å². The zero-order valence-electron chi connectivity index (χ0n) is 20.0. The van der Waals surface area contributed by atoms with E-state index >= 15 is 0 Å². The fourth-order valence-electron chi connectivity index (χ4n) is 4.17. The number of methoxy groups -OCH3 is 4. The smallest absolute Gasteiger partial charge is 0.271 e. The number of ether oxygens (including phenoxy) is 4. The van der Waals surface area contributed by atoms with E-state index in [4.69, 9.17) is 18.9 Å². The monoisotopic (exact) mass is 466 g/mol. The van der Waals surface area contributed by atoms with Gasteiger partial charge in [0.25, 0.3) is 5.91 Å². The summed E-state index contributed by atoms with van der Waals surface area (Å²) in [5.74, 6) is 2.58. The van der Waals surface area contributed by atoms with Gasteiger partial charge in [0.2, 0.25) is 5.75 Å². The van der Waals surface area contributed by atoms with Gasteiger partial charge in [0.15, 0.2) is 11.5 Å². The normalized spacial score (nSPS) is 14.1. The van der Waals surface area contributed by atoms with Gasteiger partial charge in [-0.1, -0.05) is 18.2 Å². The number of carbonyl (C=O) groups excluding carboxylic acids is 1. The molecule has 1 fully saturated rings. The van der Waals surface area contributed by atoms with Crippen LogP contribution in [-0.2, 0) is 6.54 Å². The minimum absolute atomic E-state index is 0.0509. The molecule has 1 saturated heterocycles. The van der Waals surface area contributed by atoms with Crippen LogP contribution in [0.3, 0.4) is 0 Å². The molecular weight excluding hydrogens is 436 g/mol. The lowest BCUT2D eigenvalue weighted by Crippen LogP contribution is -2.48. The van der Waals surface area contributed by atoms with Crippen LogP contribution < -0.4 is 18.9 Å². The minimum atomic E-state index is -0.0509. The van der Waals surface area contributed by atoms with Crippen molar-refractivity contribution in [2.75, 3.05) is 54.6 Å². The van der Waals surface area contributed by atoms with Crippen molar-refractivity contribution in [1.29, 1.82) is 0 Å². The predicted octanol–water partition coefficient (Wildman–Crippen LogP) is 3.07. The molecule has 1 amide bonds. The van der Waals surface area contributed by atoms with E-state index in [-0.39, 0.29) is 5.91 Å². The Morgan fingerprint density at radius 3 is 2.35 bits per heavy atom. The number of hydrogen-bond acceptors (Lipinski definition) is 7. The van der Waals surface area contributed by atoms with Gasteiger partial charge < -0.3 is 23.8 Å². The number of amides is 1. The van der Waals surface area contributed by atoms with Crippen LogP contribution in [0.15, 0.2) is 42.5 Å². The molecule has 9 nitrogen and oxygen atoms in total. The molecule has 0 atom stereocenters. The summed E-state index contributed by atoms with van der Waals surface area (Å²) in [5.41, 5.74) is 3.09. The lowest BCUT2D eigenvalue weighted by Gasteiger charge is -2.34. The molecule has 1 aromatic heterocycles. The van der Waals surface area contributed by atoms with Crippen molar-refractivity contribution in [3.05, 3.63) is 53.7 Å². The molecule has 1 aliphatic heterocycles. The summed E-state index contributed by atoms with van der Waals surface area (Å²) in [4.78, 5) is 17.2. The molecule has 34 heavy (non-hydrogen) atoms. The van der Waals surface area contributed by atoms with Crippen molar-refractivity contribution in [1.82, 2.24) is 20.0 Å². The maximum absolute atomic E-state index is 13.0. The highest BCUT2D eigenvalue weighted by atomic mass is 16.5. The van der Waals surface area contributed by atoms with Gasteiger partial charge in [-0.25, -0.2) is 0 Å². The maximum Gasteiger partial charge on any atom is 0.271 e. The number of aromatic amines is 1. The van der Waals surface area contributed by atoms with Gasteiger partial charge in [-0.05, 0) is 24.3 Å². The summed E-state index contributed by atoms with van der Waals surface area (Å²) < 4.78 is 21.8. The number of H-pyrrole nitrogens is 1. The summed E-state index contributed by atoms with van der Waals surface area (Å²) in [7, 11) is 6.46. The van der Waals surface area contributed by atoms with Crippen LogP contribution in [0.2, 0.25) is 0 Å². The third-order valence-corrected chi connectivity index (χ3v) is 6.01. The Labute approximate surface area is 199 Å². The molecule has 2 heterocycles. The van der Waals surface area contributed by atoms with Crippen molar-refractivity contribution in [3.63, 3.8) is 0 Å². The van der Waals surface area contributed by atoms with Crippen molar-refractivity contribution in [2.24, 2.45) is 0 Å². The van der Waals surface area contributed by atoms with E-state index in [0.29, 0.717) is 48.3 Å². The van der Waals surface area contributed by atoms with E-state index < -0.39 is 0 Å². The first kappa shape index (κ1) is 23.4. The Balaban J connectivity index is 1.39. The van der Waals surface area contributed by atoms with Crippen molar-refractivity contribution in [3.8, 4) is 34.3 Å². The molecule has 0 unspecified atom stereocenters. The molecule has 2 aromatic carbocycles. The SMILES string of the molecule is COc1cccc(-c2cc(C(=O)N3CCN(Cc4ccc(OC)c(OC)c4OC)CC3)[nH]n2)c1. The Morgan fingerprint density at radius 2 is 1.68 bits per heavy atom. The van der Waals surface area contributed by atoms with Crippen molar-refractivity contribution in [2.45, 2.75) is 6.54 Å². The quantitative estimate of drug-likeness (QED) is 0.546. The van der Waals surface area contributed by atoms with Gasteiger partial charge in [0.1, 0.15) is 11.4 Å². The van der Waals surface area contributed by atoms with Crippen molar-refractivity contribution >= 4 is 5.91 Å². The number of aromatic nitrogens is 2. The molecule has 1 N–H and O–H groups in total. The van der Waals surface area contributed by atoms with E-state index in [9.17, 15) is 4.79 Å². The van der Waals surface area contributed by atoms with Gasteiger partial charge in [0.05, 0.1) is 34.1 Å². The van der Waals surface area contributed by atoms with Crippen LogP contribution >= 0.6 is 0 Å². The summed E-state index contributed by atoms with van der Waals surface area (Å²) in [6.07, 6.45) is 0. The van der Waals surface area contributed by atoms with E-state index in [2.05, 4.69) is 15.1 Å². The summed E-state index contributed by atoms with van der Waals surface area (Å²) in [6.45, 7) is 3.44. The van der Waals surface area contributed by atoms with E-state index in [1.54, 1.807) is 34.5 Å². The van der Waals surface area contributed by atoms with E-state index in [1.807, 2.05) is 41.3 Å². The minimum Gasteiger partial charge on any atom is -0.497 e. The van der Waals surface area contributed by atoms with Crippen LogP contribution in [0.1, 0.15) is 16.1 Å². The summed E-state index contributed by atoms with van der Waals surface area (Å²) >= 11 is 0. The molecular formula is C25H30N4O5. The molecule has 0 radical (unpaired) electrons. The van der Waals surface area contributed by atoms with Crippen LogP contribution in [0.4, 0.5) is 0 Å². The lowest BCUT2D eigenvalue weighted by molar-refractivity contribution is 0.0621. The number of nitrogens with one attached hydrogen (secondary N) is 1. The summed E-state index contributed by atoms with van der Waals surface area (Å²) in [6, 6.07) is 13.3. The molecule has 3 aromatic rings. The first-order chi connectivity index (χ1) is 16.6.